The van der Waals surface area contributed by atoms with E-state index in [2.05, 4.69) is 6.92 Å². The molecule has 0 aliphatic heterocycles. The van der Waals surface area contributed by atoms with Crippen molar-refractivity contribution in [1.82, 2.24) is 0 Å². The van der Waals surface area contributed by atoms with Crippen LogP contribution < -0.4 is 5.73 Å². The predicted octanol–water partition coefficient (Wildman–Crippen LogP) is 3.97. The number of rotatable bonds is 14. The second-order valence-electron chi connectivity index (χ2n) is 5.97. The molecule has 0 aliphatic rings. The van der Waals surface area contributed by atoms with Crippen molar-refractivity contribution in [2.45, 2.75) is 96.6 Å². The van der Waals surface area contributed by atoms with E-state index in [0.29, 0.717) is 6.61 Å². The summed E-state index contributed by atoms with van der Waals surface area (Å²) >= 11 is 0. The molecular weight excluding hydrogens is 302 g/mol. The molecule has 22 heavy (non-hydrogen) atoms. The van der Waals surface area contributed by atoms with Crippen LogP contribution >= 0.6 is 12.4 Å². The van der Waals surface area contributed by atoms with Crippen LogP contribution in [0.25, 0.3) is 0 Å². The zero-order valence-corrected chi connectivity index (χ0v) is 15.2. The first-order valence-corrected chi connectivity index (χ1v) is 8.69. The number of aliphatic hydroxyl groups is 1. The van der Waals surface area contributed by atoms with Crippen LogP contribution in [0, 0.1) is 0 Å². The van der Waals surface area contributed by atoms with Gasteiger partial charge in [0.25, 0.3) is 0 Å². The highest BCUT2D eigenvalue weighted by atomic mass is 35.5. The molecule has 5 heteroatoms. The van der Waals surface area contributed by atoms with Gasteiger partial charge in [0, 0.05) is 0 Å². The molecule has 4 nitrogen and oxygen atoms in total. The minimum atomic E-state index is -0.919. The molecule has 0 aromatic heterocycles. The van der Waals surface area contributed by atoms with Crippen molar-refractivity contribution < 1.29 is 14.6 Å². The molecule has 0 fully saturated rings. The van der Waals surface area contributed by atoms with E-state index in [4.69, 9.17) is 15.6 Å². The highest BCUT2D eigenvalue weighted by Gasteiger charge is 2.19. The zero-order chi connectivity index (χ0) is 15.9. The molecule has 0 unspecified atom stereocenters. The first-order chi connectivity index (χ1) is 10.1. The van der Waals surface area contributed by atoms with Crippen LogP contribution in [-0.2, 0) is 9.53 Å². The Bertz CT molecular complexity index is 250. The van der Waals surface area contributed by atoms with Crippen LogP contribution in [0.5, 0.6) is 0 Å². The summed E-state index contributed by atoms with van der Waals surface area (Å²) in [6.45, 7) is 4.15. The fraction of sp³-hybridized carbons (Fsp3) is 0.941. The first kappa shape index (κ1) is 23.9. The number of nitrogens with two attached hydrogens (primary N) is 1. The van der Waals surface area contributed by atoms with E-state index in [1.54, 1.807) is 0 Å². The topological polar surface area (TPSA) is 72.5 Å². The van der Waals surface area contributed by atoms with Gasteiger partial charge >= 0.3 is 5.97 Å². The summed E-state index contributed by atoms with van der Waals surface area (Å²) in [7, 11) is 0. The summed E-state index contributed by atoms with van der Waals surface area (Å²) in [5.74, 6) is -0.503. The van der Waals surface area contributed by atoms with E-state index < -0.39 is 18.1 Å². The quantitative estimate of drug-likeness (QED) is 0.371. The Morgan fingerprint density at radius 3 is 1.77 bits per heavy atom. The van der Waals surface area contributed by atoms with E-state index in [1.807, 2.05) is 0 Å². The molecule has 3 N–H and O–H groups in total. The maximum absolute atomic E-state index is 11.4. The van der Waals surface area contributed by atoms with E-state index in [0.717, 1.165) is 12.8 Å². The molecule has 0 rings (SSSR count). The summed E-state index contributed by atoms with van der Waals surface area (Å²) in [6, 6.07) is -0.919. The molecular formula is C17H36ClNO3. The Labute approximate surface area is 142 Å². The first-order valence-electron chi connectivity index (χ1n) is 8.69. The summed E-state index contributed by atoms with van der Waals surface area (Å²) in [5, 5.41) is 9.16. The molecule has 0 saturated heterocycles. The van der Waals surface area contributed by atoms with Gasteiger partial charge in [0.15, 0.2) is 0 Å². The van der Waals surface area contributed by atoms with Gasteiger partial charge in [0.05, 0.1) is 12.7 Å². The maximum Gasteiger partial charge on any atom is 0.325 e. The summed E-state index contributed by atoms with van der Waals surface area (Å²) in [4.78, 5) is 11.4. The largest absolute Gasteiger partial charge is 0.464 e. The fourth-order valence-electron chi connectivity index (χ4n) is 2.23. The lowest BCUT2D eigenvalue weighted by Crippen LogP contribution is -2.41. The van der Waals surface area contributed by atoms with E-state index in [1.165, 1.54) is 64.7 Å². The number of unbranched alkanes of at least 4 members (excludes halogenated alkanes) is 10. The van der Waals surface area contributed by atoms with Crippen molar-refractivity contribution in [3.05, 3.63) is 0 Å². The molecule has 2 atom stereocenters. The minimum absolute atomic E-state index is 0. The molecule has 0 radical (unpaired) electrons. The number of carbonyl (C=O) groups is 1. The van der Waals surface area contributed by atoms with Crippen LogP contribution in [0.2, 0.25) is 0 Å². The Hall–Kier alpha value is -0.320. The third kappa shape index (κ3) is 14.6. The summed E-state index contributed by atoms with van der Waals surface area (Å²) in [5.41, 5.74) is 5.47. The molecule has 0 aromatic rings. The fourth-order valence-corrected chi connectivity index (χ4v) is 2.23. The lowest BCUT2D eigenvalue weighted by molar-refractivity contribution is -0.147. The number of esters is 1. The molecule has 0 saturated carbocycles. The number of hydrogen-bond donors (Lipinski definition) is 2. The Kier molecular flexibility index (Phi) is 18.5. The number of aliphatic hydroxyl groups excluding tert-OH is 1. The molecule has 0 aromatic carbocycles. The van der Waals surface area contributed by atoms with Crippen molar-refractivity contribution in [2.24, 2.45) is 5.73 Å². The van der Waals surface area contributed by atoms with Crippen molar-refractivity contribution in [3.63, 3.8) is 0 Å². The molecule has 0 heterocycles. The van der Waals surface area contributed by atoms with E-state index >= 15 is 0 Å². The van der Waals surface area contributed by atoms with Gasteiger partial charge in [0.1, 0.15) is 6.04 Å². The SMILES string of the molecule is CCCCCCCCCCCCCOC(=O)[C@@H](N)[C@@H](C)O.Cl. The second kappa shape index (κ2) is 17.0. The van der Waals surface area contributed by atoms with Crippen molar-refractivity contribution >= 4 is 18.4 Å². The van der Waals surface area contributed by atoms with Crippen molar-refractivity contribution in [1.29, 1.82) is 0 Å². The average Bonchev–Trinajstić information content (AvgIpc) is 2.47. The third-order valence-corrected chi connectivity index (χ3v) is 3.78. The van der Waals surface area contributed by atoms with Gasteiger partial charge in [0.2, 0.25) is 0 Å². The average molecular weight is 338 g/mol. The van der Waals surface area contributed by atoms with Gasteiger partial charge in [-0.25, -0.2) is 0 Å². The monoisotopic (exact) mass is 337 g/mol. The normalized spacial score (nSPS) is 13.3. The third-order valence-electron chi connectivity index (χ3n) is 3.78. The Morgan fingerprint density at radius 2 is 1.36 bits per heavy atom. The highest BCUT2D eigenvalue weighted by molar-refractivity contribution is 5.85. The summed E-state index contributed by atoms with van der Waals surface area (Å²) in [6.07, 6.45) is 13.1. The van der Waals surface area contributed by atoms with Gasteiger partial charge in [-0.1, -0.05) is 71.1 Å². The van der Waals surface area contributed by atoms with Gasteiger partial charge < -0.3 is 15.6 Å². The molecule has 134 valence electrons. The molecule has 0 spiro atoms. The smallest absolute Gasteiger partial charge is 0.325 e. The predicted molar refractivity (Wildman–Crippen MR) is 94.3 cm³/mol. The molecule has 0 bridgehead atoms. The second-order valence-corrected chi connectivity index (χ2v) is 5.97. The molecule has 0 amide bonds. The van der Waals surface area contributed by atoms with Gasteiger partial charge in [-0.3, -0.25) is 4.79 Å². The highest BCUT2D eigenvalue weighted by Crippen LogP contribution is 2.11. The zero-order valence-electron chi connectivity index (χ0n) is 14.4. The van der Waals surface area contributed by atoms with Gasteiger partial charge in [-0.05, 0) is 13.3 Å². The minimum Gasteiger partial charge on any atom is -0.464 e. The van der Waals surface area contributed by atoms with Gasteiger partial charge in [-0.15, -0.1) is 12.4 Å². The van der Waals surface area contributed by atoms with Crippen molar-refractivity contribution in [2.75, 3.05) is 6.61 Å². The Balaban J connectivity index is 0. The number of hydrogen-bond acceptors (Lipinski definition) is 4. The lowest BCUT2D eigenvalue weighted by atomic mass is 10.1. The van der Waals surface area contributed by atoms with Crippen LogP contribution in [-0.4, -0.2) is 29.8 Å². The van der Waals surface area contributed by atoms with Crippen LogP contribution in [0.4, 0.5) is 0 Å². The maximum atomic E-state index is 11.4. The standard InChI is InChI=1S/C17H35NO3.ClH/c1-3-4-5-6-7-8-9-10-11-12-13-14-21-17(20)16(18)15(2)19;/h15-16,19H,3-14,18H2,1-2H3;1H/t15-,16+;/m1./s1. The number of ether oxygens (including phenoxy) is 1. The van der Waals surface area contributed by atoms with Crippen LogP contribution in [0.1, 0.15) is 84.5 Å². The lowest BCUT2D eigenvalue weighted by Gasteiger charge is -2.13. The van der Waals surface area contributed by atoms with E-state index in [9.17, 15) is 4.79 Å². The number of halogens is 1. The van der Waals surface area contributed by atoms with Crippen LogP contribution in [0.15, 0.2) is 0 Å². The van der Waals surface area contributed by atoms with Crippen LogP contribution in [0.3, 0.4) is 0 Å². The number of carbonyl (C=O) groups excluding carboxylic acids is 1. The van der Waals surface area contributed by atoms with Gasteiger partial charge in [-0.2, -0.15) is 0 Å². The Morgan fingerprint density at radius 1 is 0.955 bits per heavy atom. The van der Waals surface area contributed by atoms with Crippen molar-refractivity contribution in [3.8, 4) is 0 Å². The molecule has 0 aliphatic carbocycles. The summed E-state index contributed by atoms with van der Waals surface area (Å²) < 4.78 is 5.02. The van der Waals surface area contributed by atoms with E-state index in [-0.39, 0.29) is 12.4 Å².